The molecule has 0 N–H and O–H groups in total. The minimum atomic E-state index is -0.0730. The third-order valence-electron chi connectivity index (χ3n) is 6.30. The maximum absolute atomic E-state index is 13.1. The summed E-state index contributed by atoms with van der Waals surface area (Å²) >= 11 is 0. The van der Waals surface area contributed by atoms with E-state index in [0.29, 0.717) is 26.1 Å². The number of hydrogen-bond donors (Lipinski definition) is 0. The van der Waals surface area contributed by atoms with Crippen molar-refractivity contribution in [2.24, 2.45) is 0 Å². The Morgan fingerprint density at radius 1 is 1.12 bits per heavy atom. The summed E-state index contributed by atoms with van der Waals surface area (Å²) in [5.74, 6) is 0.799. The highest BCUT2D eigenvalue weighted by atomic mass is 16.2. The van der Waals surface area contributed by atoms with Crippen LogP contribution in [-0.2, 0) is 16.1 Å². The van der Waals surface area contributed by atoms with Crippen LogP contribution >= 0.6 is 0 Å². The minimum absolute atomic E-state index is 0.0150. The Hall–Kier alpha value is -3.67. The summed E-state index contributed by atoms with van der Waals surface area (Å²) in [5.41, 5.74) is 2.85. The summed E-state index contributed by atoms with van der Waals surface area (Å²) < 4.78 is 1.98. The van der Waals surface area contributed by atoms with Gasteiger partial charge in [-0.1, -0.05) is 54.6 Å². The highest BCUT2D eigenvalue weighted by Crippen LogP contribution is 2.35. The lowest BCUT2D eigenvalue weighted by Crippen LogP contribution is -2.34. The van der Waals surface area contributed by atoms with E-state index in [0.717, 1.165) is 22.4 Å². The standard InChI is InChI=1S/C27H30N4O2/c1-4-15-29(16-5-2)26(33)19-31-24-14-10-9-13-23(24)28-27(31)22-17-25(32)30(18-22)20(3)21-11-7-6-8-12-21/h4-14,20,22H,1-2,15-19H2,3H3. The van der Waals surface area contributed by atoms with E-state index in [1.807, 2.05) is 64.1 Å². The number of para-hydroxylation sites is 2. The summed E-state index contributed by atoms with van der Waals surface area (Å²) in [5, 5.41) is 0. The summed E-state index contributed by atoms with van der Waals surface area (Å²) in [7, 11) is 0. The number of fused-ring (bicyclic) bond motifs is 1. The topological polar surface area (TPSA) is 58.4 Å². The molecule has 3 aromatic rings. The number of rotatable bonds is 9. The van der Waals surface area contributed by atoms with Crippen LogP contribution in [0.2, 0.25) is 0 Å². The van der Waals surface area contributed by atoms with Crippen LogP contribution in [-0.4, -0.2) is 50.8 Å². The lowest BCUT2D eigenvalue weighted by molar-refractivity contribution is -0.131. The third kappa shape index (κ3) is 4.60. The molecule has 0 saturated carbocycles. The van der Waals surface area contributed by atoms with Gasteiger partial charge < -0.3 is 14.4 Å². The van der Waals surface area contributed by atoms with Crippen LogP contribution in [0.15, 0.2) is 79.9 Å². The first-order valence-electron chi connectivity index (χ1n) is 11.3. The van der Waals surface area contributed by atoms with Gasteiger partial charge in [0.05, 0.1) is 17.1 Å². The fourth-order valence-electron chi connectivity index (χ4n) is 4.59. The van der Waals surface area contributed by atoms with Gasteiger partial charge in [-0.25, -0.2) is 4.98 Å². The zero-order chi connectivity index (χ0) is 23.4. The molecule has 1 aliphatic heterocycles. The molecule has 0 spiro atoms. The van der Waals surface area contributed by atoms with Crippen molar-refractivity contribution in [2.75, 3.05) is 19.6 Å². The Bertz CT molecular complexity index is 1160. The molecule has 2 amide bonds. The van der Waals surface area contributed by atoms with Crippen LogP contribution in [0.5, 0.6) is 0 Å². The predicted octanol–water partition coefficient (Wildman–Crippen LogP) is 4.31. The van der Waals surface area contributed by atoms with Gasteiger partial charge in [-0.2, -0.15) is 0 Å². The van der Waals surface area contributed by atoms with Crippen LogP contribution in [0, 0.1) is 0 Å². The van der Waals surface area contributed by atoms with E-state index >= 15 is 0 Å². The fraction of sp³-hybridized carbons (Fsp3) is 0.296. The van der Waals surface area contributed by atoms with E-state index in [2.05, 4.69) is 20.1 Å². The Morgan fingerprint density at radius 2 is 1.79 bits per heavy atom. The quantitative estimate of drug-likeness (QED) is 0.464. The molecule has 4 rings (SSSR count). The second-order valence-corrected chi connectivity index (χ2v) is 8.45. The van der Waals surface area contributed by atoms with E-state index < -0.39 is 0 Å². The van der Waals surface area contributed by atoms with Gasteiger partial charge in [0.2, 0.25) is 11.8 Å². The van der Waals surface area contributed by atoms with Crippen molar-refractivity contribution in [3.8, 4) is 0 Å². The molecular weight excluding hydrogens is 412 g/mol. The molecule has 33 heavy (non-hydrogen) atoms. The van der Waals surface area contributed by atoms with Gasteiger partial charge in [-0.3, -0.25) is 9.59 Å². The van der Waals surface area contributed by atoms with Crippen molar-refractivity contribution in [1.82, 2.24) is 19.4 Å². The molecule has 2 heterocycles. The number of carbonyl (C=O) groups excluding carboxylic acids is 2. The molecule has 0 aliphatic carbocycles. The number of amides is 2. The van der Waals surface area contributed by atoms with E-state index in [9.17, 15) is 9.59 Å². The Balaban J connectivity index is 1.64. The largest absolute Gasteiger partial charge is 0.335 e. The summed E-state index contributed by atoms with van der Waals surface area (Å²) in [6.07, 6.45) is 3.82. The van der Waals surface area contributed by atoms with Crippen molar-refractivity contribution in [1.29, 1.82) is 0 Å². The van der Waals surface area contributed by atoms with Gasteiger partial charge in [0.15, 0.2) is 0 Å². The molecule has 1 saturated heterocycles. The number of nitrogens with zero attached hydrogens (tertiary/aromatic N) is 4. The van der Waals surface area contributed by atoms with Gasteiger partial charge in [0.1, 0.15) is 12.4 Å². The summed E-state index contributed by atoms with van der Waals surface area (Å²) in [4.78, 5) is 34.6. The lowest BCUT2D eigenvalue weighted by Gasteiger charge is -2.25. The van der Waals surface area contributed by atoms with E-state index in [4.69, 9.17) is 4.98 Å². The van der Waals surface area contributed by atoms with Gasteiger partial charge in [0.25, 0.3) is 0 Å². The van der Waals surface area contributed by atoms with Crippen molar-refractivity contribution in [3.63, 3.8) is 0 Å². The SMILES string of the molecule is C=CCN(CC=C)C(=O)Cn1c(C2CC(=O)N(C(C)c3ccccc3)C2)nc2ccccc21. The molecule has 2 aromatic carbocycles. The van der Waals surface area contributed by atoms with Crippen molar-refractivity contribution in [3.05, 3.63) is 91.3 Å². The second kappa shape index (κ2) is 9.86. The number of benzene rings is 2. The van der Waals surface area contributed by atoms with Gasteiger partial charge in [0, 0.05) is 32.0 Å². The van der Waals surface area contributed by atoms with Crippen LogP contribution < -0.4 is 0 Å². The molecule has 2 atom stereocenters. The Kier molecular flexibility index (Phi) is 6.73. The van der Waals surface area contributed by atoms with Crippen LogP contribution in [0.4, 0.5) is 0 Å². The first kappa shape index (κ1) is 22.5. The Labute approximate surface area is 194 Å². The highest BCUT2D eigenvalue weighted by Gasteiger charge is 2.37. The predicted molar refractivity (Wildman–Crippen MR) is 131 cm³/mol. The average molecular weight is 443 g/mol. The molecule has 0 radical (unpaired) electrons. The zero-order valence-electron chi connectivity index (χ0n) is 19.1. The summed E-state index contributed by atoms with van der Waals surface area (Å²) in [6, 6.07) is 17.9. The third-order valence-corrected chi connectivity index (χ3v) is 6.30. The first-order valence-corrected chi connectivity index (χ1v) is 11.3. The van der Waals surface area contributed by atoms with Gasteiger partial charge in [-0.15, -0.1) is 13.2 Å². The maximum atomic E-state index is 13.1. The number of imidazole rings is 1. The molecule has 1 fully saturated rings. The average Bonchev–Trinajstić information content (AvgIpc) is 3.39. The van der Waals surface area contributed by atoms with Crippen molar-refractivity contribution in [2.45, 2.75) is 31.8 Å². The summed E-state index contributed by atoms with van der Waals surface area (Å²) in [6.45, 7) is 11.2. The molecular formula is C27H30N4O2. The fourth-order valence-corrected chi connectivity index (χ4v) is 4.59. The van der Waals surface area contributed by atoms with Crippen LogP contribution in [0.25, 0.3) is 11.0 Å². The van der Waals surface area contributed by atoms with Crippen molar-refractivity contribution >= 4 is 22.8 Å². The van der Waals surface area contributed by atoms with Gasteiger partial charge in [-0.05, 0) is 24.6 Å². The lowest BCUT2D eigenvalue weighted by atomic mass is 10.1. The maximum Gasteiger partial charge on any atom is 0.243 e. The highest BCUT2D eigenvalue weighted by molar-refractivity contribution is 5.83. The smallest absolute Gasteiger partial charge is 0.243 e. The normalized spacial score (nSPS) is 16.7. The molecule has 0 bridgehead atoms. The molecule has 1 aromatic heterocycles. The molecule has 6 nitrogen and oxygen atoms in total. The first-order chi connectivity index (χ1) is 16.0. The number of hydrogen-bond acceptors (Lipinski definition) is 3. The number of likely N-dealkylation sites (tertiary alicyclic amines) is 1. The number of aromatic nitrogens is 2. The zero-order valence-corrected chi connectivity index (χ0v) is 19.1. The minimum Gasteiger partial charge on any atom is -0.335 e. The second-order valence-electron chi connectivity index (χ2n) is 8.45. The molecule has 1 aliphatic rings. The van der Waals surface area contributed by atoms with Crippen LogP contribution in [0.3, 0.4) is 0 Å². The molecule has 170 valence electrons. The van der Waals surface area contributed by atoms with E-state index in [-0.39, 0.29) is 30.3 Å². The number of carbonyl (C=O) groups is 2. The van der Waals surface area contributed by atoms with Crippen molar-refractivity contribution < 1.29 is 9.59 Å². The van der Waals surface area contributed by atoms with E-state index in [1.165, 1.54) is 0 Å². The van der Waals surface area contributed by atoms with Gasteiger partial charge >= 0.3 is 0 Å². The molecule has 6 heteroatoms. The van der Waals surface area contributed by atoms with E-state index in [1.54, 1.807) is 17.1 Å². The monoisotopic (exact) mass is 442 g/mol. The Morgan fingerprint density at radius 3 is 2.48 bits per heavy atom. The van der Waals surface area contributed by atoms with Crippen LogP contribution in [0.1, 0.15) is 36.7 Å². The molecule has 2 unspecified atom stereocenters.